The summed E-state index contributed by atoms with van der Waals surface area (Å²) in [5.41, 5.74) is 0.598. The van der Waals surface area contributed by atoms with Crippen molar-refractivity contribution in [1.29, 1.82) is 0 Å². The van der Waals surface area contributed by atoms with Gasteiger partial charge in [0.1, 0.15) is 5.82 Å². The predicted octanol–water partition coefficient (Wildman–Crippen LogP) is 1.64. The highest BCUT2D eigenvalue weighted by atomic mass is 32.2. The molecule has 0 aromatic heterocycles. The van der Waals surface area contributed by atoms with Gasteiger partial charge in [-0.1, -0.05) is 25.0 Å². The zero-order valence-electron chi connectivity index (χ0n) is 14.2. The van der Waals surface area contributed by atoms with Gasteiger partial charge in [-0.2, -0.15) is 17.0 Å². The second-order valence-corrected chi connectivity index (χ2v) is 8.64. The first-order chi connectivity index (χ1) is 11.9. The Labute approximate surface area is 148 Å². The molecule has 6 nitrogen and oxygen atoms in total. The van der Waals surface area contributed by atoms with Gasteiger partial charge in [-0.25, -0.2) is 4.39 Å². The predicted molar refractivity (Wildman–Crippen MR) is 92.3 cm³/mol. The Kier molecular flexibility index (Phi) is 5.71. The third kappa shape index (κ3) is 4.56. The first kappa shape index (κ1) is 18.3. The molecule has 0 spiro atoms. The van der Waals surface area contributed by atoms with Gasteiger partial charge in [0.25, 0.3) is 10.2 Å². The van der Waals surface area contributed by atoms with Gasteiger partial charge in [0.05, 0.1) is 6.54 Å². The summed E-state index contributed by atoms with van der Waals surface area (Å²) in [6.45, 7) is 0.666. The number of carbonyl (C=O) groups is 1. The van der Waals surface area contributed by atoms with E-state index in [0.29, 0.717) is 25.1 Å². The van der Waals surface area contributed by atoms with Gasteiger partial charge in [-0.3, -0.25) is 4.79 Å². The SMILES string of the molecule is O=C(CN1CCCN(Cc2cccc(F)c2)S1(=O)=O)NC1CCCC1. The van der Waals surface area contributed by atoms with Crippen LogP contribution in [-0.2, 0) is 21.5 Å². The molecule has 1 saturated carbocycles. The van der Waals surface area contributed by atoms with Crippen molar-refractivity contribution in [3.63, 3.8) is 0 Å². The molecule has 0 radical (unpaired) electrons. The molecule has 2 fully saturated rings. The third-order valence-corrected chi connectivity index (χ3v) is 6.68. The molecule has 138 valence electrons. The summed E-state index contributed by atoms with van der Waals surface area (Å²) in [7, 11) is -3.72. The minimum atomic E-state index is -3.72. The molecule has 25 heavy (non-hydrogen) atoms. The highest BCUT2D eigenvalue weighted by Crippen LogP contribution is 2.20. The number of rotatable bonds is 5. The molecule has 1 aliphatic heterocycles. The maximum Gasteiger partial charge on any atom is 0.282 e. The summed E-state index contributed by atoms with van der Waals surface area (Å²) >= 11 is 0. The van der Waals surface area contributed by atoms with Crippen molar-refractivity contribution in [2.75, 3.05) is 19.6 Å². The largest absolute Gasteiger partial charge is 0.352 e. The molecule has 1 aromatic rings. The zero-order valence-corrected chi connectivity index (χ0v) is 15.0. The molecular formula is C17H24FN3O3S. The van der Waals surface area contributed by atoms with E-state index in [-0.39, 0.29) is 30.9 Å². The molecule has 1 amide bonds. The molecule has 0 unspecified atom stereocenters. The summed E-state index contributed by atoms with van der Waals surface area (Å²) in [5, 5.41) is 2.92. The van der Waals surface area contributed by atoms with Gasteiger partial charge in [0, 0.05) is 25.7 Å². The lowest BCUT2D eigenvalue weighted by Gasteiger charge is -2.34. The van der Waals surface area contributed by atoms with Gasteiger partial charge in [-0.05, 0) is 37.0 Å². The van der Waals surface area contributed by atoms with E-state index in [1.54, 1.807) is 12.1 Å². The fraction of sp³-hybridized carbons (Fsp3) is 0.588. The van der Waals surface area contributed by atoms with Crippen LogP contribution in [0.3, 0.4) is 0 Å². The van der Waals surface area contributed by atoms with Crippen LogP contribution < -0.4 is 5.32 Å². The van der Waals surface area contributed by atoms with E-state index in [2.05, 4.69) is 5.32 Å². The van der Waals surface area contributed by atoms with Crippen molar-refractivity contribution < 1.29 is 17.6 Å². The number of halogens is 1. The fourth-order valence-electron chi connectivity index (χ4n) is 3.48. The maximum atomic E-state index is 13.3. The van der Waals surface area contributed by atoms with Gasteiger partial charge >= 0.3 is 0 Å². The molecule has 1 aliphatic carbocycles. The monoisotopic (exact) mass is 369 g/mol. The van der Waals surface area contributed by atoms with Crippen LogP contribution in [0.4, 0.5) is 4.39 Å². The number of nitrogens with one attached hydrogen (secondary N) is 1. The van der Waals surface area contributed by atoms with E-state index in [9.17, 15) is 17.6 Å². The topological polar surface area (TPSA) is 69.7 Å². The van der Waals surface area contributed by atoms with E-state index in [1.165, 1.54) is 20.7 Å². The lowest BCUT2D eigenvalue weighted by molar-refractivity contribution is -0.122. The molecule has 1 aromatic carbocycles. The van der Waals surface area contributed by atoms with Crippen LogP contribution in [0.5, 0.6) is 0 Å². The molecule has 0 atom stereocenters. The van der Waals surface area contributed by atoms with E-state index >= 15 is 0 Å². The minimum Gasteiger partial charge on any atom is -0.352 e. The average molecular weight is 369 g/mol. The highest BCUT2D eigenvalue weighted by molar-refractivity contribution is 7.86. The van der Waals surface area contributed by atoms with Crippen LogP contribution in [-0.4, -0.2) is 48.6 Å². The molecule has 2 aliphatic rings. The number of carbonyl (C=O) groups excluding carboxylic acids is 1. The van der Waals surface area contributed by atoms with Crippen molar-refractivity contribution >= 4 is 16.1 Å². The summed E-state index contributed by atoms with van der Waals surface area (Å²) in [6.07, 6.45) is 4.78. The Bertz CT molecular complexity index is 720. The Balaban J connectivity index is 1.63. The third-order valence-electron chi connectivity index (χ3n) is 4.76. The standard InChI is InChI=1S/C17H24FN3O3S/c18-15-6-3-5-14(11-15)12-20-9-4-10-21(25(20,23)24)13-17(22)19-16-7-1-2-8-16/h3,5-6,11,16H,1-2,4,7-10,12-13H2,(H,19,22). The van der Waals surface area contributed by atoms with Gasteiger partial charge in [-0.15, -0.1) is 0 Å². The summed E-state index contributed by atoms with van der Waals surface area (Å²) in [4.78, 5) is 12.2. The lowest BCUT2D eigenvalue weighted by Crippen LogP contribution is -2.52. The molecule has 1 N–H and O–H groups in total. The molecule has 1 heterocycles. The Morgan fingerprint density at radius 2 is 1.88 bits per heavy atom. The fourth-order valence-corrected chi connectivity index (χ4v) is 5.12. The Hall–Kier alpha value is -1.51. The van der Waals surface area contributed by atoms with Crippen molar-refractivity contribution in [2.45, 2.75) is 44.7 Å². The number of hydrogen-bond donors (Lipinski definition) is 1. The van der Waals surface area contributed by atoms with E-state index < -0.39 is 10.2 Å². The van der Waals surface area contributed by atoms with Crippen LogP contribution in [0.25, 0.3) is 0 Å². The maximum absolute atomic E-state index is 13.3. The van der Waals surface area contributed by atoms with Crippen LogP contribution in [0.1, 0.15) is 37.7 Å². The molecular weight excluding hydrogens is 345 g/mol. The zero-order chi connectivity index (χ0) is 17.9. The van der Waals surface area contributed by atoms with E-state index in [4.69, 9.17) is 0 Å². The van der Waals surface area contributed by atoms with Crippen LogP contribution in [0.15, 0.2) is 24.3 Å². The number of amides is 1. The highest BCUT2D eigenvalue weighted by Gasteiger charge is 2.35. The average Bonchev–Trinajstić information content (AvgIpc) is 3.04. The molecule has 8 heteroatoms. The normalized spacial score (nSPS) is 22.1. The second kappa shape index (κ2) is 7.80. The van der Waals surface area contributed by atoms with Gasteiger partial charge in [0.2, 0.25) is 5.91 Å². The minimum absolute atomic E-state index is 0.112. The first-order valence-electron chi connectivity index (χ1n) is 8.74. The van der Waals surface area contributed by atoms with Crippen LogP contribution in [0.2, 0.25) is 0 Å². The van der Waals surface area contributed by atoms with Gasteiger partial charge in [0.15, 0.2) is 0 Å². The quantitative estimate of drug-likeness (QED) is 0.858. The summed E-state index contributed by atoms with van der Waals surface area (Å²) < 4.78 is 41.4. The van der Waals surface area contributed by atoms with Crippen molar-refractivity contribution in [1.82, 2.24) is 13.9 Å². The second-order valence-electron chi connectivity index (χ2n) is 6.71. The summed E-state index contributed by atoms with van der Waals surface area (Å²) in [5.74, 6) is -0.636. The van der Waals surface area contributed by atoms with E-state index in [1.807, 2.05) is 0 Å². The van der Waals surface area contributed by atoms with Crippen molar-refractivity contribution in [3.8, 4) is 0 Å². The number of benzene rings is 1. The number of hydrogen-bond acceptors (Lipinski definition) is 3. The van der Waals surface area contributed by atoms with Crippen LogP contribution in [0, 0.1) is 5.82 Å². The first-order valence-corrected chi connectivity index (χ1v) is 10.1. The molecule has 3 rings (SSSR count). The summed E-state index contributed by atoms with van der Waals surface area (Å²) in [6, 6.07) is 6.09. The lowest BCUT2D eigenvalue weighted by atomic mass is 10.2. The van der Waals surface area contributed by atoms with Crippen molar-refractivity contribution in [3.05, 3.63) is 35.6 Å². The van der Waals surface area contributed by atoms with Crippen molar-refractivity contribution in [2.24, 2.45) is 0 Å². The van der Waals surface area contributed by atoms with Gasteiger partial charge < -0.3 is 5.32 Å². The number of nitrogens with zero attached hydrogens (tertiary/aromatic N) is 2. The molecule has 0 bridgehead atoms. The Morgan fingerprint density at radius 3 is 2.60 bits per heavy atom. The smallest absolute Gasteiger partial charge is 0.282 e. The Morgan fingerprint density at radius 1 is 1.16 bits per heavy atom. The van der Waals surface area contributed by atoms with E-state index in [0.717, 1.165) is 25.7 Å². The van der Waals surface area contributed by atoms with Crippen LogP contribution >= 0.6 is 0 Å². The molecule has 1 saturated heterocycles.